The molecule has 0 nitrogen and oxygen atoms in total. The molecule has 0 aromatic rings. The van der Waals surface area contributed by atoms with Crippen molar-refractivity contribution in [2.75, 3.05) is 0 Å². The Balaban J connectivity index is 4.64. The van der Waals surface area contributed by atoms with Crippen LogP contribution in [0.25, 0.3) is 0 Å². The van der Waals surface area contributed by atoms with E-state index in [2.05, 4.69) is 623 Å². The molecule has 0 N–H and O–H groups in total. The fraction of sp³-hybridized carbons (Fsp3) is 0. The van der Waals surface area contributed by atoms with Gasteiger partial charge in [0, 0.05) is 491 Å². The minimum atomic E-state index is 1.87. The lowest BCUT2D eigenvalue weighted by Gasteiger charge is -1.64. The van der Waals surface area contributed by atoms with E-state index < -0.39 is 0 Å². The van der Waals surface area contributed by atoms with Crippen molar-refractivity contribution < 1.29 is 0 Å². The first-order chi connectivity index (χ1) is 53.4. The van der Waals surface area contributed by atoms with Gasteiger partial charge in [-0.05, 0) is 94.7 Å². The molecule has 0 bridgehead atoms. The van der Waals surface area contributed by atoms with E-state index in [9.17, 15) is 0 Å². The summed E-state index contributed by atoms with van der Waals surface area (Å²) in [5.74, 6) is 261. The first kappa shape index (κ1) is 83.5. The summed E-state index contributed by atoms with van der Waals surface area (Å²) in [7, 11) is 0. The molecule has 0 aromatic heterocycles. The fourth-order valence-electron chi connectivity index (χ4n) is 3.23. The van der Waals surface area contributed by atoms with Gasteiger partial charge in [0.1, 0.15) is 0 Å². The van der Waals surface area contributed by atoms with Gasteiger partial charge in [0.25, 0.3) is 0 Å². The molecule has 0 atom stereocenters. The highest BCUT2D eigenvalue weighted by Crippen LogP contribution is 1.68. The van der Waals surface area contributed by atoms with Crippen LogP contribution in [0.3, 0.4) is 0 Å². The summed E-state index contributed by atoms with van der Waals surface area (Å²) in [5, 5.41) is 0. The molecule has 0 amide bonds. The van der Waals surface area contributed by atoms with E-state index in [-0.39, 0.29) is 0 Å². The molecule has 0 spiro atoms. The van der Waals surface area contributed by atoms with E-state index >= 15 is 0 Å². The Kier molecular flexibility index (Phi) is 64.5. The smallest absolute Gasteiger partial charge is 0 e. The third-order valence-corrected chi connectivity index (χ3v) is 6.53. The molecule has 0 saturated heterocycles. The average Bonchev–Trinajstić information content (AvgIpc) is 3.82. The normalized spacial score (nSPS) is 3.95. The van der Waals surface area contributed by atoms with Crippen LogP contribution in [0.4, 0.5) is 0 Å². The van der Waals surface area contributed by atoms with Gasteiger partial charge in [0.15, 0.2) is 0 Å². The maximum Gasteiger partial charge on any atom is 0 e. The van der Waals surface area contributed by atoms with Gasteiger partial charge in [-0.3, -0.25) is 11.8 Å². The van der Waals surface area contributed by atoms with Gasteiger partial charge in [-0.15, -0.1) is 11.8 Å². The second-order valence-corrected chi connectivity index (χ2v) is 13.2. The fourth-order valence-corrected chi connectivity index (χ4v) is 3.23. The van der Waals surface area contributed by atoms with E-state index in [0.717, 1.165) is 0 Å². The Morgan fingerprint density at radius 1 is 0.0748 bits per heavy atom. The van der Waals surface area contributed by atoms with Gasteiger partial charge in [0.05, 0.1) is 0 Å². The standard InChI is InChI=1S/C107H2/c1-3-5-7-9-11-13-15-17-19-21-23-25-27-29-31-33-35-37-39-41-43-45-47-49-51-53-55-57-59-61-63-65-67-69-71-73-75-77-79-81-83-85-87-89-91-93-95-97-99-101-103-105-107-106-104-102-100-98-96-94-92-90-88-86-84-82-80-78-76-74-72-70-68-66-64-62-60-58-56-54-52-50-48-46-44-42-40-38-36-34-32-30-28-26-24-22-20-18-16-14-12-10-8-6-4-2/h1H2/q-2. The van der Waals surface area contributed by atoms with Crippen LogP contribution in [0.5, 0.6) is 0 Å². The highest BCUT2D eigenvalue weighted by molar-refractivity contribution is 5.56. The molecule has 0 rings (SSSR count). The lowest BCUT2D eigenvalue weighted by atomic mass is 10.4. The van der Waals surface area contributed by atoms with Crippen LogP contribution in [-0.2, 0) is 0 Å². The molecule has 0 heteroatoms. The Bertz CT molecular complexity index is 7590. The molecule has 432 valence electrons. The minimum Gasteiger partial charge on any atom is -0.358 e. The van der Waals surface area contributed by atoms with Crippen LogP contribution < -0.4 is 0 Å². The van der Waals surface area contributed by atoms with Crippen LogP contribution in [-0.4, -0.2) is 0 Å². The van der Waals surface area contributed by atoms with E-state index in [1.807, 2.05) is 5.92 Å². The SMILES string of the molecule is [C-]#CC#CC#CC#CC#CC#CC#CC#CC#CC#CC#CC#CC#CC#CC#CC#CC#CC#CC#CC#CC#CC#CC#CC#CC#CC#CC#CC#CC#CC#CC#CC#CC#CC#CC#CC#CC#CC#CC#CC#CC#CC#CC#CC#CC#CC#CC#CC#CC#CC#CC#CC#CC#C[CH2-]. The maximum atomic E-state index is 6.59. The van der Waals surface area contributed by atoms with Crippen molar-refractivity contribution in [2.24, 2.45) is 0 Å². The Labute approximate surface area is 630 Å². The second kappa shape index (κ2) is 82.6. The summed E-state index contributed by atoms with van der Waals surface area (Å²) in [4.78, 5) is 0. The third-order valence-electron chi connectivity index (χ3n) is 6.53. The summed E-state index contributed by atoms with van der Waals surface area (Å²) < 4.78 is 0. The van der Waals surface area contributed by atoms with Crippen LogP contribution in [0.2, 0.25) is 0 Å². The highest BCUT2D eigenvalue weighted by Gasteiger charge is 1.67. The Hall–Kier alpha value is -23.4. The van der Waals surface area contributed by atoms with Gasteiger partial charge in [-0.1, -0.05) is 0 Å². The van der Waals surface area contributed by atoms with Crippen LogP contribution in [0.1, 0.15) is 0 Å². The molecule has 0 aliphatic rings. The van der Waals surface area contributed by atoms with E-state index in [4.69, 9.17) is 6.42 Å². The zero-order valence-corrected chi connectivity index (χ0v) is 53.7. The highest BCUT2D eigenvalue weighted by atomic mass is 13.7. The summed E-state index contributed by atoms with van der Waals surface area (Å²) >= 11 is 0. The summed E-state index contributed by atoms with van der Waals surface area (Å²) in [5.41, 5.74) is 0. The summed E-state index contributed by atoms with van der Waals surface area (Å²) in [6, 6.07) is 0. The number of hydrogen-bond acceptors (Lipinski definition) is 0. The van der Waals surface area contributed by atoms with E-state index in [1.54, 1.807) is 0 Å². The average molecular weight is 1290 g/mol. The van der Waals surface area contributed by atoms with Crippen LogP contribution in [0, 0.1) is 635 Å². The first-order valence-electron chi connectivity index (χ1n) is 26.6. The maximum absolute atomic E-state index is 6.59. The molecule has 0 unspecified atom stereocenters. The van der Waals surface area contributed by atoms with Gasteiger partial charge < -0.3 is 6.42 Å². The zero-order valence-electron chi connectivity index (χ0n) is 53.7. The number of hydrogen-bond donors (Lipinski definition) is 0. The summed E-state index contributed by atoms with van der Waals surface area (Å²) in [6.07, 6.45) is 6.59. The Morgan fingerprint density at radius 3 is 0.168 bits per heavy atom. The van der Waals surface area contributed by atoms with Gasteiger partial charge in [0.2, 0.25) is 0 Å². The van der Waals surface area contributed by atoms with Crippen molar-refractivity contribution in [3.63, 3.8) is 0 Å². The molecular weight excluding hydrogens is 1290 g/mol. The van der Waals surface area contributed by atoms with Crippen LogP contribution >= 0.6 is 0 Å². The lowest BCUT2D eigenvalue weighted by Crippen LogP contribution is -1.57. The Morgan fingerprint density at radius 2 is 0.121 bits per heavy atom. The molecule has 0 aromatic carbocycles. The molecule has 0 radical (unpaired) electrons. The molecule has 107 heavy (non-hydrogen) atoms. The van der Waals surface area contributed by atoms with Crippen molar-refractivity contribution in [1.82, 2.24) is 0 Å². The van der Waals surface area contributed by atoms with Gasteiger partial charge in [-0.25, -0.2) is 11.8 Å². The number of rotatable bonds is 0. The monoisotopic (exact) mass is 1290 g/mol. The molecular formula is C107H2-2. The van der Waals surface area contributed by atoms with Crippen molar-refractivity contribution in [3.8, 4) is 622 Å². The largest absolute Gasteiger partial charge is 0.358 e. The van der Waals surface area contributed by atoms with Crippen molar-refractivity contribution in [3.05, 3.63) is 13.3 Å². The van der Waals surface area contributed by atoms with Crippen molar-refractivity contribution in [2.45, 2.75) is 0 Å². The molecule has 0 aliphatic heterocycles. The topological polar surface area (TPSA) is 0 Å². The second-order valence-electron chi connectivity index (χ2n) is 13.2. The van der Waals surface area contributed by atoms with E-state index in [0.29, 0.717) is 0 Å². The van der Waals surface area contributed by atoms with Crippen molar-refractivity contribution in [1.29, 1.82) is 0 Å². The predicted molar refractivity (Wildman–Crippen MR) is 417 cm³/mol. The lowest BCUT2D eigenvalue weighted by molar-refractivity contribution is 2.31. The third kappa shape index (κ3) is 82.6. The quantitative estimate of drug-likeness (QED) is 0.247. The molecule has 0 heterocycles. The van der Waals surface area contributed by atoms with Crippen molar-refractivity contribution >= 4 is 0 Å². The van der Waals surface area contributed by atoms with Crippen LogP contribution in [0.15, 0.2) is 0 Å². The predicted octanol–water partition coefficient (Wildman–Crippen LogP) is 0.587. The zero-order chi connectivity index (χ0) is 76.2. The van der Waals surface area contributed by atoms with E-state index in [1.165, 1.54) is 0 Å². The molecule has 0 fully saturated rings. The minimum absolute atomic E-state index is 1.87. The first-order valence-corrected chi connectivity index (χ1v) is 26.6. The molecule has 0 aliphatic carbocycles. The van der Waals surface area contributed by atoms with Gasteiger partial charge in [-0.2, -0.15) is 6.92 Å². The summed E-state index contributed by atoms with van der Waals surface area (Å²) in [6.45, 7) is 3.32. The molecule has 0 saturated carbocycles. The van der Waals surface area contributed by atoms with Gasteiger partial charge >= 0.3 is 0 Å².